The molecule has 0 amide bonds. The Bertz CT molecular complexity index is 418. The summed E-state index contributed by atoms with van der Waals surface area (Å²) in [6.45, 7) is 2.38. The van der Waals surface area contributed by atoms with E-state index in [0.717, 1.165) is 37.6 Å². The Kier molecular flexibility index (Phi) is 4.13. The van der Waals surface area contributed by atoms with Crippen LogP contribution in [0.5, 0.6) is 0 Å². The van der Waals surface area contributed by atoms with Crippen LogP contribution in [0.15, 0.2) is 0 Å². The lowest BCUT2D eigenvalue weighted by Crippen LogP contribution is -2.33. The Morgan fingerprint density at radius 3 is 2.95 bits per heavy atom. The lowest BCUT2D eigenvalue weighted by Gasteiger charge is -2.30. The Labute approximate surface area is 114 Å². The maximum atomic E-state index is 6.09. The molecular weight excluding hydrogens is 240 g/mol. The predicted molar refractivity (Wildman–Crippen MR) is 72.5 cm³/mol. The second-order valence-corrected chi connectivity index (χ2v) is 5.77. The molecule has 1 aliphatic heterocycles. The van der Waals surface area contributed by atoms with Crippen molar-refractivity contribution in [2.24, 2.45) is 11.7 Å². The molecule has 1 fully saturated rings. The number of hydrogen-bond acceptors (Lipinski definition) is 4. The van der Waals surface area contributed by atoms with Gasteiger partial charge >= 0.3 is 0 Å². The van der Waals surface area contributed by atoms with Gasteiger partial charge in [-0.15, -0.1) is 10.2 Å². The van der Waals surface area contributed by atoms with Crippen molar-refractivity contribution in [3.05, 3.63) is 11.6 Å². The quantitative estimate of drug-likeness (QED) is 0.898. The van der Waals surface area contributed by atoms with Gasteiger partial charge in [-0.2, -0.15) is 0 Å². The average Bonchev–Trinajstić information content (AvgIpc) is 2.89. The highest BCUT2D eigenvalue weighted by Gasteiger charge is 2.25. The smallest absolute Gasteiger partial charge is 0.159 e. The molecule has 2 heterocycles. The third-order valence-electron chi connectivity index (χ3n) is 4.50. The topological polar surface area (TPSA) is 66.0 Å². The fraction of sp³-hybridized carbons (Fsp3) is 0.857. The monoisotopic (exact) mass is 264 g/mol. The maximum absolute atomic E-state index is 6.09. The van der Waals surface area contributed by atoms with Gasteiger partial charge in [0.15, 0.2) is 5.82 Å². The summed E-state index contributed by atoms with van der Waals surface area (Å²) in [6.07, 6.45) is 8.74. The van der Waals surface area contributed by atoms with Crippen LogP contribution in [0.25, 0.3) is 0 Å². The normalized spacial score (nSPS) is 27.2. The van der Waals surface area contributed by atoms with Crippen LogP contribution in [0.3, 0.4) is 0 Å². The molecule has 0 spiro atoms. The van der Waals surface area contributed by atoms with Crippen LogP contribution < -0.4 is 5.73 Å². The van der Waals surface area contributed by atoms with Crippen molar-refractivity contribution in [3.63, 3.8) is 0 Å². The third-order valence-corrected chi connectivity index (χ3v) is 4.50. The molecule has 1 aliphatic carbocycles. The second-order valence-electron chi connectivity index (χ2n) is 5.77. The van der Waals surface area contributed by atoms with E-state index >= 15 is 0 Å². The van der Waals surface area contributed by atoms with E-state index in [1.165, 1.54) is 32.1 Å². The van der Waals surface area contributed by atoms with Gasteiger partial charge in [-0.25, -0.2) is 0 Å². The van der Waals surface area contributed by atoms with E-state index in [0.29, 0.717) is 18.6 Å². The van der Waals surface area contributed by atoms with Crippen LogP contribution in [0.2, 0.25) is 0 Å². The van der Waals surface area contributed by atoms with E-state index < -0.39 is 0 Å². The standard InChI is InChI=1S/C14H24N4O/c15-9-11-5-1-2-6-12(11)19-10-14-17-16-13-7-3-4-8-18(13)14/h11-12H,1-10,15H2. The lowest BCUT2D eigenvalue weighted by molar-refractivity contribution is -0.0222. The zero-order valence-corrected chi connectivity index (χ0v) is 11.6. The molecule has 2 N–H and O–H groups in total. The molecule has 2 atom stereocenters. The summed E-state index contributed by atoms with van der Waals surface area (Å²) in [6, 6.07) is 0. The molecule has 0 bridgehead atoms. The van der Waals surface area contributed by atoms with Crippen LogP contribution in [0.1, 0.15) is 50.2 Å². The number of rotatable bonds is 4. The molecule has 0 saturated heterocycles. The van der Waals surface area contributed by atoms with E-state index in [-0.39, 0.29) is 0 Å². The zero-order valence-electron chi connectivity index (χ0n) is 11.6. The molecule has 1 saturated carbocycles. The van der Waals surface area contributed by atoms with Gasteiger partial charge in [0.05, 0.1) is 6.10 Å². The Hall–Kier alpha value is -0.940. The number of aryl methyl sites for hydroxylation is 1. The van der Waals surface area contributed by atoms with E-state index in [1.807, 2.05) is 0 Å². The summed E-state index contributed by atoms with van der Waals surface area (Å²) in [7, 11) is 0. The second kappa shape index (κ2) is 6.01. The molecule has 1 aromatic rings. The molecule has 0 radical (unpaired) electrons. The molecule has 5 nitrogen and oxygen atoms in total. The van der Waals surface area contributed by atoms with Crippen LogP contribution in [-0.4, -0.2) is 27.4 Å². The SMILES string of the molecule is NCC1CCCCC1OCc1nnc2n1CCCC2. The summed E-state index contributed by atoms with van der Waals surface area (Å²) in [4.78, 5) is 0. The van der Waals surface area contributed by atoms with Gasteiger partial charge in [0.1, 0.15) is 12.4 Å². The highest BCUT2D eigenvalue weighted by atomic mass is 16.5. The molecule has 106 valence electrons. The third kappa shape index (κ3) is 2.82. The summed E-state index contributed by atoms with van der Waals surface area (Å²) < 4.78 is 8.33. The number of fused-ring (bicyclic) bond motifs is 1. The summed E-state index contributed by atoms with van der Waals surface area (Å²) in [5.74, 6) is 2.65. The number of nitrogens with zero attached hydrogens (tertiary/aromatic N) is 3. The van der Waals surface area contributed by atoms with Gasteiger partial charge in [0.25, 0.3) is 0 Å². The maximum Gasteiger partial charge on any atom is 0.159 e. The first-order valence-electron chi connectivity index (χ1n) is 7.61. The fourth-order valence-electron chi connectivity index (χ4n) is 3.32. The van der Waals surface area contributed by atoms with Crippen molar-refractivity contribution < 1.29 is 4.74 Å². The minimum atomic E-state index is 0.315. The van der Waals surface area contributed by atoms with Gasteiger partial charge in [0, 0.05) is 13.0 Å². The summed E-state index contributed by atoms with van der Waals surface area (Å²) >= 11 is 0. The minimum Gasteiger partial charge on any atom is -0.370 e. The first-order chi connectivity index (χ1) is 9.38. The van der Waals surface area contributed by atoms with Crippen molar-refractivity contribution in [3.8, 4) is 0 Å². The molecule has 1 aromatic heterocycles. The molecule has 2 aliphatic rings. The highest BCUT2D eigenvalue weighted by molar-refractivity contribution is 4.98. The molecule has 5 heteroatoms. The van der Waals surface area contributed by atoms with E-state index in [2.05, 4.69) is 14.8 Å². The Morgan fingerprint density at radius 2 is 2.05 bits per heavy atom. The van der Waals surface area contributed by atoms with E-state index in [9.17, 15) is 0 Å². The van der Waals surface area contributed by atoms with Gasteiger partial charge < -0.3 is 15.0 Å². The van der Waals surface area contributed by atoms with Crippen LogP contribution in [0, 0.1) is 5.92 Å². The van der Waals surface area contributed by atoms with Crippen molar-refractivity contribution in [2.75, 3.05) is 6.54 Å². The Morgan fingerprint density at radius 1 is 1.16 bits per heavy atom. The minimum absolute atomic E-state index is 0.315. The van der Waals surface area contributed by atoms with Crippen LogP contribution in [-0.2, 0) is 24.3 Å². The van der Waals surface area contributed by atoms with Crippen molar-refractivity contribution in [1.82, 2.24) is 14.8 Å². The lowest BCUT2D eigenvalue weighted by atomic mass is 9.86. The van der Waals surface area contributed by atoms with Crippen molar-refractivity contribution in [1.29, 1.82) is 0 Å². The van der Waals surface area contributed by atoms with Crippen LogP contribution in [0.4, 0.5) is 0 Å². The molecule has 2 unspecified atom stereocenters. The van der Waals surface area contributed by atoms with Gasteiger partial charge in [-0.3, -0.25) is 0 Å². The first-order valence-corrected chi connectivity index (χ1v) is 7.61. The molecule has 19 heavy (non-hydrogen) atoms. The molecule has 3 rings (SSSR count). The van der Waals surface area contributed by atoms with Gasteiger partial charge in [-0.1, -0.05) is 12.8 Å². The number of aromatic nitrogens is 3. The molecule has 0 aromatic carbocycles. The van der Waals surface area contributed by atoms with Crippen LogP contribution >= 0.6 is 0 Å². The summed E-state index contributed by atoms with van der Waals surface area (Å²) in [5, 5.41) is 8.56. The predicted octanol–water partition coefficient (Wildman–Crippen LogP) is 1.65. The number of hydrogen-bond donors (Lipinski definition) is 1. The van der Waals surface area contributed by atoms with E-state index in [1.54, 1.807) is 0 Å². The first kappa shape index (κ1) is 13.1. The Balaban J connectivity index is 1.61. The summed E-state index contributed by atoms with van der Waals surface area (Å²) in [5.41, 5.74) is 5.84. The zero-order chi connectivity index (χ0) is 13.1. The highest BCUT2D eigenvalue weighted by Crippen LogP contribution is 2.27. The van der Waals surface area contributed by atoms with Gasteiger partial charge in [-0.05, 0) is 38.1 Å². The largest absolute Gasteiger partial charge is 0.370 e. The van der Waals surface area contributed by atoms with Crippen molar-refractivity contribution >= 4 is 0 Å². The van der Waals surface area contributed by atoms with Crippen molar-refractivity contribution in [2.45, 2.75) is 64.2 Å². The number of nitrogens with two attached hydrogens (primary N) is 1. The van der Waals surface area contributed by atoms with E-state index in [4.69, 9.17) is 10.5 Å². The molecular formula is C14H24N4O. The average molecular weight is 264 g/mol. The number of ether oxygens (including phenoxy) is 1. The fourth-order valence-corrected chi connectivity index (χ4v) is 3.32. The van der Waals surface area contributed by atoms with Gasteiger partial charge in [0.2, 0.25) is 0 Å².